The zero-order valence-corrected chi connectivity index (χ0v) is 22.0. The molecule has 1 aliphatic heterocycles. The van der Waals surface area contributed by atoms with Crippen LogP contribution in [-0.2, 0) is 11.4 Å². The predicted octanol–water partition coefficient (Wildman–Crippen LogP) is 4.64. The molecule has 8 nitrogen and oxygen atoms in total. The first-order chi connectivity index (χ1) is 19.2. The molecular weight excluding hydrogens is 532 g/mol. The van der Waals surface area contributed by atoms with Crippen LogP contribution in [0.2, 0.25) is 0 Å². The van der Waals surface area contributed by atoms with Crippen molar-refractivity contribution in [3.8, 4) is 5.75 Å². The van der Waals surface area contributed by atoms with Crippen LogP contribution >= 0.6 is 0 Å². The number of aliphatic hydroxyl groups excluding tert-OH is 1. The number of pyridine rings is 1. The summed E-state index contributed by atoms with van der Waals surface area (Å²) in [6.07, 6.45) is 0.652. The van der Waals surface area contributed by atoms with E-state index >= 15 is 4.39 Å². The Morgan fingerprint density at radius 1 is 1.18 bits per heavy atom. The van der Waals surface area contributed by atoms with Crippen LogP contribution < -0.4 is 15.5 Å². The summed E-state index contributed by atoms with van der Waals surface area (Å²) in [5, 5.41) is 22.5. The first-order valence-electron chi connectivity index (χ1n) is 13.0. The van der Waals surface area contributed by atoms with Gasteiger partial charge in [-0.15, -0.1) is 0 Å². The van der Waals surface area contributed by atoms with Gasteiger partial charge in [0.25, 0.3) is 0 Å². The summed E-state index contributed by atoms with van der Waals surface area (Å²) in [5.74, 6) is -3.15. The molecule has 0 spiro atoms. The number of anilines is 1. The molecule has 0 unspecified atom stereocenters. The molecule has 12 heteroatoms. The summed E-state index contributed by atoms with van der Waals surface area (Å²) < 4.78 is 62.0. The molecule has 4 rings (SSSR count). The van der Waals surface area contributed by atoms with Crippen LogP contribution in [0.1, 0.15) is 43.0 Å². The van der Waals surface area contributed by atoms with Gasteiger partial charge in [-0.25, -0.2) is 23.0 Å². The smallest absolute Gasteiger partial charge is 0.249 e. The Labute approximate surface area is 228 Å². The minimum Gasteiger partial charge on any atom is -0.497 e. The molecule has 0 aliphatic carbocycles. The number of rotatable bonds is 11. The monoisotopic (exact) mass is 564 g/mol. The van der Waals surface area contributed by atoms with Crippen molar-refractivity contribution in [1.82, 2.24) is 15.4 Å². The lowest BCUT2D eigenvalue weighted by molar-refractivity contribution is -0.143. The number of fused-ring (bicyclic) bond motifs is 1. The molecule has 1 amide bonds. The van der Waals surface area contributed by atoms with Gasteiger partial charge in [0.1, 0.15) is 23.4 Å². The molecule has 2 heterocycles. The van der Waals surface area contributed by atoms with E-state index in [0.29, 0.717) is 66.8 Å². The molecule has 1 saturated heterocycles. The third-order valence-electron chi connectivity index (χ3n) is 7.69. The maximum atomic E-state index is 15.9. The molecule has 2 aromatic carbocycles. The number of ether oxygens (including phenoxy) is 1. The number of nitrogens with zero attached hydrogens (tertiary/aromatic N) is 2. The second-order valence-corrected chi connectivity index (χ2v) is 9.98. The van der Waals surface area contributed by atoms with Gasteiger partial charge in [-0.05, 0) is 57.0 Å². The normalized spacial score (nSPS) is 16.1. The first-order valence-corrected chi connectivity index (χ1v) is 13.0. The topological polar surface area (TPSA) is 107 Å². The van der Waals surface area contributed by atoms with Gasteiger partial charge in [-0.1, -0.05) is 0 Å². The van der Waals surface area contributed by atoms with E-state index in [4.69, 9.17) is 4.74 Å². The Morgan fingerprint density at radius 3 is 2.50 bits per heavy atom. The minimum atomic E-state index is -1.52. The number of carbonyl (C=O) groups is 1. The highest BCUT2D eigenvalue weighted by Crippen LogP contribution is 2.41. The average molecular weight is 565 g/mol. The van der Waals surface area contributed by atoms with Crippen LogP contribution in [0.5, 0.6) is 5.75 Å². The van der Waals surface area contributed by atoms with Gasteiger partial charge in [0.05, 0.1) is 24.6 Å². The molecule has 1 aliphatic rings. The number of likely N-dealkylation sites (tertiary alicyclic amines) is 1. The number of carbonyl (C=O) groups excluding carboxylic acids is 1. The van der Waals surface area contributed by atoms with Crippen LogP contribution in [0.4, 0.5) is 23.2 Å². The Kier molecular flexibility index (Phi) is 9.44. The number of amides is 1. The van der Waals surface area contributed by atoms with Crippen molar-refractivity contribution in [3.05, 3.63) is 65.1 Å². The number of hydroxylamine groups is 1. The van der Waals surface area contributed by atoms with Crippen molar-refractivity contribution >= 4 is 22.5 Å². The number of nitrogens with one attached hydrogen (secondary N) is 2. The van der Waals surface area contributed by atoms with Crippen molar-refractivity contribution in [2.24, 2.45) is 5.41 Å². The molecule has 1 aromatic heterocycles. The highest BCUT2D eigenvalue weighted by molar-refractivity contribution is 5.85. The Balaban J connectivity index is 1.42. The van der Waals surface area contributed by atoms with Gasteiger partial charge < -0.3 is 20.1 Å². The molecule has 4 N–H and O–H groups in total. The fourth-order valence-corrected chi connectivity index (χ4v) is 5.37. The van der Waals surface area contributed by atoms with Crippen molar-refractivity contribution in [1.29, 1.82) is 0 Å². The first kappa shape index (κ1) is 29.5. The molecular formula is C28H32F4N4O4. The van der Waals surface area contributed by atoms with Crippen LogP contribution in [0, 0.1) is 22.9 Å². The minimum absolute atomic E-state index is 0.0403. The van der Waals surface area contributed by atoms with Gasteiger partial charge in [-0.2, -0.15) is 0 Å². The van der Waals surface area contributed by atoms with E-state index in [2.05, 4.69) is 10.3 Å². The highest BCUT2D eigenvalue weighted by atomic mass is 19.1. The number of piperidine rings is 1. The maximum Gasteiger partial charge on any atom is 0.249 e. The maximum absolute atomic E-state index is 15.9. The number of alkyl halides is 1. The SMILES string of the molecule is COc1ccc2ncc(CO)c([C@H](F)CCC3(C(=O)NO)CCN(CCNc4c(F)cc(F)cc4F)CC3)c2c1. The largest absolute Gasteiger partial charge is 0.497 e. The average Bonchev–Trinajstić information content (AvgIpc) is 2.96. The van der Waals surface area contributed by atoms with Crippen molar-refractivity contribution in [3.63, 3.8) is 0 Å². The Hall–Kier alpha value is -3.48. The summed E-state index contributed by atoms with van der Waals surface area (Å²) in [6.45, 7) is 1.01. The van der Waals surface area contributed by atoms with Crippen molar-refractivity contribution in [2.75, 3.05) is 38.6 Å². The molecule has 3 aromatic rings. The van der Waals surface area contributed by atoms with E-state index in [0.717, 1.165) is 0 Å². The van der Waals surface area contributed by atoms with E-state index in [1.54, 1.807) is 23.7 Å². The van der Waals surface area contributed by atoms with Gasteiger partial charge >= 0.3 is 0 Å². The fourth-order valence-electron chi connectivity index (χ4n) is 5.37. The quantitative estimate of drug-likeness (QED) is 0.153. The molecule has 1 fully saturated rings. The Bertz CT molecular complexity index is 1320. The van der Waals surface area contributed by atoms with E-state index < -0.39 is 47.2 Å². The lowest BCUT2D eigenvalue weighted by atomic mass is 9.73. The van der Waals surface area contributed by atoms with Gasteiger partial charge in [-0.3, -0.25) is 15.0 Å². The third kappa shape index (κ3) is 6.29. The molecule has 1 atom stereocenters. The summed E-state index contributed by atoms with van der Waals surface area (Å²) >= 11 is 0. The van der Waals surface area contributed by atoms with Crippen LogP contribution in [-0.4, -0.2) is 59.4 Å². The van der Waals surface area contributed by atoms with Crippen molar-refractivity contribution < 1.29 is 37.4 Å². The molecule has 0 radical (unpaired) electrons. The third-order valence-corrected chi connectivity index (χ3v) is 7.69. The number of hydrogen-bond donors (Lipinski definition) is 4. The predicted molar refractivity (Wildman–Crippen MR) is 140 cm³/mol. The fraction of sp³-hybridized carbons (Fsp3) is 0.429. The number of aromatic nitrogens is 1. The number of benzene rings is 2. The zero-order valence-electron chi connectivity index (χ0n) is 22.0. The number of halogens is 4. The number of aliphatic hydroxyl groups is 1. The van der Waals surface area contributed by atoms with E-state index in [1.807, 2.05) is 4.90 Å². The van der Waals surface area contributed by atoms with Gasteiger partial charge in [0, 0.05) is 47.9 Å². The number of methoxy groups -OCH3 is 1. The highest BCUT2D eigenvalue weighted by Gasteiger charge is 2.41. The summed E-state index contributed by atoms with van der Waals surface area (Å²) in [5.41, 5.74) is 1.46. The summed E-state index contributed by atoms with van der Waals surface area (Å²) in [7, 11) is 1.50. The number of hydrogen-bond acceptors (Lipinski definition) is 7. The van der Waals surface area contributed by atoms with Gasteiger partial charge in [0.2, 0.25) is 5.91 Å². The molecule has 40 heavy (non-hydrogen) atoms. The van der Waals surface area contributed by atoms with E-state index in [9.17, 15) is 28.3 Å². The lowest BCUT2D eigenvalue weighted by Crippen LogP contribution is -2.49. The van der Waals surface area contributed by atoms with Crippen molar-refractivity contribution in [2.45, 2.75) is 38.5 Å². The standard InChI is InChI=1S/C28H32F4N4O4/c1-40-19-2-3-24-20(14-19)25(17(16-37)15-34-24)21(30)4-5-28(27(38)35-39)6-9-36(10-7-28)11-8-33-26-22(31)12-18(29)13-23(26)32/h2-3,12-15,21,33,37,39H,4-11,16H2,1H3,(H,35,38)/t21-/m1/s1. The molecule has 0 saturated carbocycles. The second-order valence-electron chi connectivity index (χ2n) is 9.98. The zero-order chi connectivity index (χ0) is 28.9. The lowest BCUT2D eigenvalue weighted by Gasteiger charge is -2.40. The second kappa shape index (κ2) is 12.8. The molecule has 216 valence electrons. The molecule has 0 bridgehead atoms. The van der Waals surface area contributed by atoms with Crippen LogP contribution in [0.15, 0.2) is 36.5 Å². The van der Waals surface area contributed by atoms with E-state index in [-0.39, 0.29) is 24.9 Å². The summed E-state index contributed by atoms with van der Waals surface area (Å²) in [6, 6.07) is 6.27. The Morgan fingerprint density at radius 2 is 1.88 bits per heavy atom. The van der Waals surface area contributed by atoms with E-state index in [1.165, 1.54) is 13.3 Å². The summed E-state index contributed by atoms with van der Waals surface area (Å²) in [4.78, 5) is 19.0. The van der Waals surface area contributed by atoms with Crippen LogP contribution in [0.3, 0.4) is 0 Å². The van der Waals surface area contributed by atoms with Crippen LogP contribution in [0.25, 0.3) is 10.9 Å². The van der Waals surface area contributed by atoms with Gasteiger partial charge in [0.15, 0.2) is 11.6 Å².